The summed E-state index contributed by atoms with van der Waals surface area (Å²) in [4.78, 5) is 30.8. The fraction of sp³-hybridized carbons (Fsp3) is 0.350. The molecule has 1 saturated heterocycles. The van der Waals surface area contributed by atoms with Gasteiger partial charge in [0.25, 0.3) is 11.5 Å². The lowest BCUT2D eigenvalue weighted by atomic mass is 10.0. The number of pyridine rings is 1. The number of carbonyl (C=O) groups is 1. The van der Waals surface area contributed by atoms with E-state index >= 15 is 0 Å². The molecule has 0 radical (unpaired) electrons. The molecule has 3 aromatic rings. The topological polar surface area (TPSA) is 85.9 Å². The first-order chi connectivity index (χ1) is 13.5. The Hall–Kier alpha value is -3.29. The average molecular weight is 378 g/mol. The zero-order chi connectivity index (χ0) is 19.7. The van der Waals surface area contributed by atoms with E-state index in [1.54, 1.807) is 40.0 Å². The number of carbonyl (C=O) groups excluding carboxylic acids is 1. The van der Waals surface area contributed by atoms with Crippen molar-refractivity contribution < 1.29 is 4.79 Å². The molecule has 1 amide bonds. The summed E-state index contributed by atoms with van der Waals surface area (Å²) in [5.74, 6) is 0.623. The van der Waals surface area contributed by atoms with Crippen molar-refractivity contribution in [2.75, 3.05) is 13.1 Å². The molecule has 1 aliphatic rings. The van der Waals surface area contributed by atoms with Crippen LogP contribution in [0.3, 0.4) is 0 Å². The zero-order valence-electron chi connectivity index (χ0n) is 15.9. The molecule has 0 bridgehead atoms. The lowest BCUT2D eigenvalue weighted by molar-refractivity contribution is 0.0687. The summed E-state index contributed by atoms with van der Waals surface area (Å²) < 4.78 is 3.29. The second-order valence-electron chi connectivity index (χ2n) is 7.07. The second kappa shape index (κ2) is 7.38. The van der Waals surface area contributed by atoms with Crippen LogP contribution in [0.4, 0.5) is 0 Å². The molecule has 0 spiro atoms. The molecule has 1 aliphatic heterocycles. The van der Waals surface area contributed by atoms with Gasteiger partial charge in [0, 0.05) is 42.8 Å². The van der Waals surface area contributed by atoms with E-state index < -0.39 is 0 Å². The smallest absolute Gasteiger partial charge is 0.267 e. The van der Waals surface area contributed by atoms with Gasteiger partial charge in [0.05, 0.1) is 11.7 Å². The molecule has 0 aromatic carbocycles. The summed E-state index contributed by atoms with van der Waals surface area (Å²) in [6, 6.07) is 8.61. The van der Waals surface area contributed by atoms with Gasteiger partial charge >= 0.3 is 0 Å². The van der Waals surface area contributed by atoms with E-state index in [0.29, 0.717) is 37.3 Å². The van der Waals surface area contributed by atoms with Crippen LogP contribution in [-0.2, 0) is 0 Å². The molecule has 0 saturated carbocycles. The van der Waals surface area contributed by atoms with Crippen molar-refractivity contribution in [2.45, 2.75) is 32.7 Å². The highest BCUT2D eigenvalue weighted by Crippen LogP contribution is 2.22. The van der Waals surface area contributed by atoms with Crippen LogP contribution in [0.15, 0.2) is 47.5 Å². The molecular formula is C20H22N6O2. The van der Waals surface area contributed by atoms with E-state index in [2.05, 4.69) is 15.2 Å². The van der Waals surface area contributed by atoms with E-state index in [4.69, 9.17) is 0 Å². The molecule has 4 rings (SSSR count). The number of aromatic nitrogens is 5. The molecular weight excluding hydrogens is 356 g/mol. The Bertz CT molecular complexity index is 1050. The minimum absolute atomic E-state index is 0.00227. The van der Waals surface area contributed by atoms with Crippen molar-refractivity contribution in [3.05, 3.63) is 70.0 Å². The Labute approximate surface area is 162 Å². The number of piperidine rings is 1. The third kappa shape index (κ3) is 3.45. The quantitative estimate of drug-likeness (QED) is 0.695. The van der Waals surface area contributed by atoms with Gasteiger partial charge in [-0.2, -0.15) is 5.10 Å². The third-order valence-corrected chi connectivity index (χ3v) is 5.06. The maximum atomic E-state index is 12.6. The summed E-state index contributed by atoms with van der Waals surface area (Å²) in [5.41, 5.74) is 2.37. The molecule has 144 valence electrons. The van der Waals surface area contributed by atoms with Crippen LogP contribution >= 0.6 is 0 Å². The Morgan fingerprint density at radius 3 is 2.39 bits per heavy atom. The van der Waals surface area contributed by atoms with Crippen molar-refractivity contribution in [1.29, 1.82) is 0 Å². The normalized spacial score (nSPS) is 15.0. The highest BCUT2D eigenvalue weighted by Gasteiger charge is 2.26. The lowest BCUT2D eigenvalue weighted by Crippen LogP contribution is -2.41. The SMILES string of the molecule is Cc1cc(C)n(-c2ccc(=O)n(C3CCN(C(=O)c4ccncc4)CC3)n2)n1. The van der Waals surface area contributed by atoms with Gasteiger partial charge in [0.15, 0.2) is 5.82 Å². The number of amides is 1. The van der Waals surface area contributed by atoms with Crippen molar-refractivity contribution in [1.82, 2.24) is 29.4 Å². The van der Waals surface area contributed by atoms with Gasteiger partial charge in [0.2, 0.25) is 0 Å². The summed E-state index contributed by atoms with van der Waals surface area (Å²) in [6.07, 6.45) is 4.61. The number of hydrogen-bond acceptors (Lipinski definition) is 5. The molecule has 4 heterocycles. The first-order valence-corrected chi connectivity index (χ1v) is 9.36. The highest BCUT2D eigenvalue weighted by atomic mass is 16.2. The van der Waals surface area contributed by atoms with Gasteiger partial charge in [-0.15, -0.1) is 5.10 Å². The molecule has 0 atom stereocenters. The van der Waals surface area contributed by atoms with Gasteiger partial charge < -0.3 is 4.90 Å². The molecule has 8 nitrogen and oxygen atoms in total. The van der Waals surface area contributed by atoms with Crippen LogP contribution in [0.2, 0.25) is 0 Å². The van der Waals surface area contributed by atoms with Crippen LogP contribution in [0.5, 0.6) is 0 Å². The number of rotatable bonds is 3. The molecule has 0 aliphatic carbocycles. The van der Waals surface area contributed by atoms with Crippen LogP contribution in [0.25, 0.3) is 5.82 Å². The van der Waals surface area contributed by atoms with Crippen LogP contribution in [0.1, 0.15) is 40.6 Å². The third-order valence-electron chi connectivity index (χ3n) is 5.06. The Balaban J connectivity index is 1.52. The summed E-state index contributed by atoms with van der Waals surface area (Å²) >= 11 is 0. The minimum atomic E-state index is -0.135. The summed E-state index contributed by atoms with van der Waals surface area (Å²) in [6.45, 7) is 5.06. The second-order valence-corrected chi connectivity index (χ2v) is 7.07. The van der Waals surface area contributed by atoms with Crippen LogP contribution in [-0.4, -0.2) is 48.4 Å². The largest absolute Gasteiger partial charge is 0.338 e. The fourth-order valence-electron chi connectivity index (χ4n) is 3.64. The fourth-order valence-corrected chi connectivity index (χ4v) is 3.64. The summed E-state index contributed by atoms with van der Waals surface area (Å²) in [7, 11) is 0. The number of nitrogens with zero attached hydrogens (tertiary/aromatic N) is 6. The van der Waals surface area contributed by atoms with Gasteiger partial charge in [0.1, 0.15) is 0 Å². The first-order valence-electron chi connectivity index (χ1n) is 9.36. The molecule has 0 N–H and O–H groups in total. The first kappa shape index (κ1) is 18.1. The van der Waals surface area contributed by atoms with Crippen molar-refractivity contribution in [2.24, 2.45) is 0 Å². The molecule has 1 fully saturated rings. The van der Waals surface area contributed by atoms with E-state index in [-0.39, 0.29) is 17.5 Å². The van der Waals surface area contributed by atoms with Crippen LogP contribution < -0.4 is 5.56 Å². The van der Waals surface area contributed by atoms with E-state index in [0.717, 1.165) is 11.4 Å². The average Bonchev–Trinajstić information content (AvgIpc) is 3.06. The predicted molar refractivity (Wildman–Crippen MR) is 104 cm³/mol. The van der Waals surface area contributed by atoms with E-state index in [1.807, 2.05) is 24.8 Å². The molecule has 3 aromatic heterocycles. The van der Waals surface area contributed by atoms with Gasteiger partial charge in [-0.25, -0.2) is 9.36 Å². The van der Waals surface area contributed by atoms with Gasteiger partial charge in [-0.05, 0) is 51.0 Å². The monoisotopic (exact) mass is 378 g/mol. The van der Waals surface area contributed by atoms with Crippen molar-refractivity contribution >= 4 is 5.91 Å². The predicted octanol–water partition coefficient (Wildman–Crippen LogP) is 1.92. The van der Waals surface area contributed by atoms with Gasteiger partial charge in [-0.1, -0.05) is 0 Å². The molecule has 0 unspecified atom stereocenters. The number of aryl methyl sites for hydroxylation is 2. The van der Waals surface area contributed by atoms with Crippen molar-refractivity contribution in [3.8, 4) is 5.82 Å². The maximum absolute atomic E-state index is 12.6. The van der Waals surface area contributed by atoms with E-state index in [9.17, 15) is 9.59 Å². The summed E-state index contributed by atoms with van der Waals surface area (Å²) in [5, 5.41) is 9.01. The van der Waals surface area contributed by atoms with E-state index in [1.165, 1.54) is 6.07 Å². The molecule has 28 heavy (non-hydrogen) atoms. The lowest BCUT2D eigenvalue weighted by Gasteiger charge is -2.32. The molecule has 8 heteroatoms. The minimum Gasteiger partial charge on any atom is -0.338 e. The number of likely N-dealkylation sites (tertiary alicyclic amines) is 1. The zero-order valence-corrected chi connectivity index (χ0v) is 15.9. The van der Waals surface area contributed by atoms with Gasteiger partial charge in [-0.3, -0.25) is 14.6 Å². The standard InChI is InChI=1S/C20H22N6O2/c1-14-13-15(2)25(22-14)18-3-4-19(27)26(23-18)17-7-11-24(12-8-17)20(28)16-5-9-21-10-6-16/h3-6,9-10,13,17H,7-8,11-12H2,1-2H3. The van der Waals surface area contributed by atoms with Crippen molar-refractivity contribution in [3.63, 3.8) is 0 Å². The van der Waals surface area contributed by atoms with Crippen LogP contribution in [0, 0.1) is 13.8 Å². The maximum Gasteiger partial charge on any atom is 0.267 e. The number of hydrogen-bond donors (Lipinski definition) is 0. The Morgan fingerprint density at radius 2 is 1.75 bits per heavy atom. The Morgan fingerprint density at radius 1 is 1.04 bits per heavy atom. The highest BCUT2D eigenvalue weighted by molar-refractivity contribution is 5.94. The Kier molecular flexibility index (Phi) is 4.77.